The molecule has 0 aliphatic carbocycles. The minimum atomic E-state index is 0.277. The van der Waals surface area contributed by atoms with Gasteiger partial charge in [0.1, 0.15) is 0 Å². The van der Waals surface area contributed by atoms with Crippen molar-refractivity contribution in [1.82, 2.24) is 19.1 Å². The summed E-state index contributed by atoms with van der Waals surface area (Å²) in [7, 11) is 1.66. The van der Waals surface area contributed by atoms with E-state index in [1.807, 2.05) is 6.20 Å². The van der Waals surface area contributed by atoms with E-state index in [1.165, 1.54) is 11.5 Å². The molecule has 7 nitrogen and oxygen atoms in total. The van der Waals surface area contributed by atoms with E-state index in [0.717, 1.165) is 12.2 Å². The maximum atomic E-state index is 5.41. The molecule has 2 heterocycles. The molecule has 0 radical (unpaired) electrons. The van der Waals surface area contributed by atoms with E-state index in [0.29, 0.717) is 11.7 Å². The number of methoxy groups -OCH3 is 1. The lowest BCUT2D eigenvalue weighted by molar-refractivity contribution is 0.183. The highest BCUT2D eigenvalue weighted by atomic mass is 32.1. The second kappa shape index (κ2) is 4.90. The molecule has 0 spiro atoms. The van der Waals surface area contributed by atoms with E-state index < -0.39 is 0 Å². The van der Waals surface area contributed by atoms with Crippen LogP contribution in [0.15, 0.2) is 12.4 Å². The fraction of sp³-hybridized carbons (Fsp3) is 0.375. The molecule has 0 aliphatic heterocycles. The minimum absolute atomic E-state index is 0.277. The van der Waals surface area contributed by atoms with Crippen LogP contribution in [0.5, 0.6) is 0 Å². The maximum Gasteiger partial charge on any atom is 0.233 e. The van der Waals surface area contributed by atoms with Crippen molar-refractivity contribution < 1.29 is 4.74 Å². The Kier molecular flexibility index (Phi) is 3.32. The fourth-order valence-corrected chi connectivity index (χ4v) is 1.66. The summed E-state index contributed by atoms with van der Waals surface area (Å²) in [5.41, 5.74) is 6.27. The van der Waals surface area contributed by atoms with Gasteiger partial charge in [0, 0.05) is 24.8 Å². The van der Waals surface area contributed by atoms with Crippen LogP contribution in [0, 0.1) is 0 Å². The number of aromatic nitrogens is 4. The highest BCUT2D eigenvalue weighted by Crippen LogP contribution is 2.18. The van der Waals surface area contributed by atoms with Crippen LogP contribution in [0.2, 0.25) is 0 Å². The molecule has 0 aromatic carbocycles. The highest BCUT2D eigenvalue weighted by molar-refractivity contribution is 7.10. The van der Waals surface area contributed by atoms with E-state index in [-0.39, 0.29) is 5.95 Å². The van der Waals surface area contributed by atoms with Crippen molar-refractivity contribution in [2.24, 2.45) is 0 Å². The predicted octanol–water partition coefficient (Wildman–Crippen LogP) is 0.707. The summed E-state index contributed by atoms with van der Waals surface area (Å²) in [5, 5.41) is 7.87. The molecule has 2 aromatic heterocycles. The number of rotatable bonds is 5. The molecular formula is C8H12N6OS. The number of ether oxygens (including phenoxy) is 1. The Hall–Kier alpha value is -1.67. The molecule has 0 atom stereocenters. The Balaban J connectivity index is 1.97. The predicted molar refractivity (Wildman–Crippen MR) is 61.7 cm³/mol. The van der Waals surface area contributed by atoms with Gasteiger partial charge in [-0.3, -0.25) is 4.68 Å². The summed E-state index contributed by atoms with van der Waals surface area (Å²) in [6.07, 6.45) is 3.59. The third-order valence-corrected chi connectivity index (χ3v) is 2.50. The Labute approximate surface area is 96.4 Å². The molecule has 0 unspecified atom stereocenters. The van der Waals surface area contributed by atoms with E-state index in [9.17, 15) is 0 Å². The number of nitrogens with zero attached hydrogens (tertiary/aromatic N) is 4. The largest absolute Gasteiger partial charge is 0.383 e. The van der Waals surface area contributed by atoms with E-state index in [4.69, 9.17) is 10.5 Å². The fourth-order valence-electron chi connectivity index (χ4n) is 1.14. The SMILES string of the molecule is COCCn1cc(Nc2nc(N)ns2)cn1. The van der Waals surface area contributed by atoms with Crippen LogP contribution in [0.1, 0.15) is 0 Å². The minimum Gasteiger partial charge on any atom is -0.383 e. The number of hydrogen-bond donors (Lipinski definition) is 2. The zero-order chi connectivity index (χ0) is 11.4. The Morgan fingerprint density at radius 1 is 1.62 bits per heavy atom. The van der Waals surface area contributed by atoms with Gasteiger partial charge >= 0.3 is 0 Å². The van der Waals surface area contributed by atoms with E-state index >= 15 is 0 Å². The zero-order valence-corrected chi connectivity index (χ0v) is 9.57. The molecule has 0 amide bonds. The quantitative estimate of drug-likeness (QED) is 0.799. The summed E-state index contributed by atoms with van der Waals surface area (Å²) < 4.78 is 10.6. The summed E-state index contributed by atoms with van der Waals surface area (Å²) >= 11 is 1.21. The van der Waals surface area contributed by atoms with Gasteiger partial charge in [0.25, 0.3) is 0 Å². The first-order chi connectivity index (χ1) is 7.78. The summed E-state index contributed by atoms with van der Waals surface area (Å²) in [4.78, 5) is 3.99. The van der Waals surface area contributed by atoms with E-state index in [2.05, 4.69) is 19.8 Å². The molecule has 86 valence electrons. The molecule has 0 bridgehead atoms. The number of nitrogens with two attached hydrogens (primary N) is 1. The molecule has 16 heavy (non-hydrogen) atoms. The first kappa shape index (κ1) is 10.8. The molecule has 0 saturated carbocycles. The second-order valence-electron chi connectivity index (χ2n) is 3.07. The molecule has 3 N–H and O–H groups in total. The van der Waals surface area contributed by atoms with Crippen molar-refractivity contribution in [3.05, 3.63) is 12.4 Å². The van der Waals surface area contributed by atoms with E-state index in [1.54, 1.807) is 18.0 Å². The van der Waals surface area contributed by atoms with Crippen LogP contribution in [0.25, 0.3) is 0 Å². The van der Waals surface area contributed by atoms with Crippen LogP contribution < -0.4 is 11.1 Å². The first-order valence-electron chi connectivity index (χ1n) is 4.65. The first-order valence-corrected chi connectivity index (χ1v) is 5.43. The number of nitrogen functional groups attached to an aromatic ring is 1. The molecular weight excluding hydrogens is 228 g/mol. The monoisotopic (exact) mass is 240 g/mol. The van der Waals surface area contributed by atoms with Crippen LogP contribution in [0.4, 0.5) is 16.8 Å². The standard InChI is InChI=1S/C8H12N6OS/c1-15-3-2-14-5-6(4-10-14)11-8-12-7(9)13-16-8/h4-5H,2-3H2,1H3,(H3,9,11,12,13). The normalized spacial score (nSPS) is 10.6. The number of hydrogen-bond acceptors (Lipinski definition) is 7. The molecule has 0 fully saturated rings. The van der Waals surface area contributed by atoms with Gasteiger partial charge in [-0.05, 0) is 0 Å². The summed E-state index contributed by atoms with van der Waals surface area (Å²) in [6.45, 7) is 1.35. The average Bonchev–Trinajstić information content (AvgIpc) is 2.86. The van der Waals surface area contributed by atoms with Crippen molar-refractivity contribution >= 4 is 28.3 Å². The van der Waals surface area contributed by atoms with Crippen LogP contribution in [-0.4, -0.2) is 32.9 Å². The van der Waals surface area contributed by atoms with Crippen LogP contribution in [0.3, 0.4) is 0 Å². The van der Waals surface area contributed by atoms with Crippen molar-refractivity contribution in [2.45, 2.75) is 6.54 Å². The lowest BCUT2D eigenvalue weighted by Crippen LogP contribution is -2.03. The topological polar surface area (TPSA) is 90.9 Å². The van der Waals surface area contributed by atoms with Gasteiger partial charge in [-0.25, -0.2) is 0 Å². The Morgan fingerprint density at radius 3 is 3.19 bits per heavy atom. The van der Waals surface area contributed by atoms with Gasteiger partial charge in [0.2, 0.25) is 11.1 Å². The van der Waals surface area contributed by atoms with Gasteiger partial charge in [0.05, 0.1) is 25.0 Å². The van der Waals surface area contributed by atoms with Crippen LogP contribution >= 0.6 is 11.5 Å². The third-order valence-electron chi connectivity index (χ3n) is 1.85. The van der Waals surface area contributed by atoms with Gasteiger partial charge in [0.15, 0.2) is 0 Å². The van der Waals surface area contributed by atoms with Crippen molar-refractivity contribution in [3.8, 4) is 0 Å². The summed E-state index contributed by atoms with van der Waals surface area (Å²) in [5.74, 6) is 0.277. The lowest BCUT2D eigenvalue weighted by atomic mass is 10.6. The third kappa shape index (κ3) is 2.67. The second-order valence-corrected chi connectivity index (χ2v) is 3.82. The smallest absolute Gasteiger partial charge is 0.233 e. The van der Waals surface area contributed by atoms with Crippen molar-refractivity contribution in [1.29, 1.82) is 0 Å². The molecule has 0 saturated heterocycles. The molecule has 8 heteroatoms. The maximum absolute atomic E-state index is 5.41. The lowest BCUT2D eigenvalue weighted by Gasteiger charge is -1.98. The van der Waals surface area contributed by atoms with Gasteiger partial charge < -0.3 is 15.8 Å². The number of anilines is 3. The summed E-state index contributed by atoms with van der Waals surface area (Å²) in [6, 6.07) is 0. The zero-order valence-electron chi connectivity index (χ0n) is 8.75. The Bertz CT molecular complexity index is 453. The van der Waals surface area contributed by atoms with Crippen molar-refractivity contribution in [3.63, 3.8) is 0 Å². The average molecular weight is 240 g/mol. The highest BCUT2D eigenvalue weighted by Gasteiger charge is 2.03. The van der Waals surface area contributed by atoms with Crippen molar-refractivity contribution in [2.75, 3.05) is 24.8 Å². The molecule has 2 rings (SSSR count). The molecule has 0 aliphatic rings. The number of nitrogens with one attached hydrogen (secondary N) is 1. The Morgan fingerprint density at radius 2 is 2.50 bits per heavy atom. The van der Waals surface area contributed by atoms with Crippen LogP contribution in [-0.2, 0) is 11.3 Å². The van der Waals surface area contributed by atoms with Gasteiger partial charge in [-0.2, -0.15) is 14.5 Å². The van der Waals surface area contributed by atoms with Gasteiger partial charge in [-0.1, -0.05) is 0 Å². The molecule has 2 aromatic rings. The van der Waals surface area contributed by atoms with Gasteiger partial charge in [-0.15, -0.1) is 0 Å².